The summed E-state index contributed by atoms with van der Waals surface area (Å²) in [5, 5.41) is 6.77. The Balaban J connectivity index is 2.96. The first-order valence-electron chi connectivity index (χ1n) is 6.03. The number of esters is 1. The maximum Gasteiger partial charge on any atom is 0.360 e. The zero-order chi connectivity index (χ0) is 14.6. The number of rotatable bonds is 5. The number of hydrogen-bond acceptors (Lipinski definition) is 5. The second-order valence-corrected chi connectivity index (χ2v) is 4.37. The molecule has 1 N–H and O–H groups in total. The van der Waals surface area contributed by atoms with Gasteiger partial charge < -0.3 is 10.1 Å². The van der Waals surface area contributed by atoms with Gasteiger partial charge >= 0.3 is 5.97 Å². The molecule has 1 aromatic heterocycles. The molecule has 7 nitrogen and oxygen atoms in total. The first kappa shape index (κ1) is 15.2. The van der Waals surface area contributed by atoms with Crippen molar-refractivity contribution in [1.29, 1.82) is 0 Å². The number of ether oxygens (including phenoxy) is 1. The van der Waals surface area contributed by atoms with Crippen LogP contribution in [0.25, 0.3) is 0 Å². The quantitative estimate of drug-likeness (QED) is 0.790. The van der Waals surface area contributed by atoms with Gasteiger partial charge in [-0.15, -0.1) is 0 Å². The van der Waals surface area contributed by atoms with Gasteiger partial charge in [-0.1, -0.05) is 0 Å². The van der Waals surface area contributed by atoms with Crippen LogP contribution in [0.1, 0.15) is 24.3 Å². The number of anilines is 1. The standard InChI is InChI=1S/C12H20N4O3/c1-6-16-7-9(10(14-16)12(18)19-5)13-11(17)8(2)15(3)4/h7-8H,6H2,1-5H3,(H,13,17)/t8-/m0/s1. The van der Waals surface area contributed by atoms with Gasteiger partial charge in [-0.25, -0.2) is 4.79 Å². The molecular weight excluding hydrogens is 248 g/mol. The number of carbonyl (C=O) groups excluding carboxylic acids is 2. The molecule has 1 rings (SSSR count). The van der Waals surface area contributed by atoms with Crippen LogP contribution in [-0.2, 0) is 16.1 Å². The minimum Gasteiger partial charge on any atom is -0.464 e. The van der Waals surface area contributed by atoms with Crippen LogP contribution in [0.4, 0.5) is 5.69 Å². The van der Waals surface area contributed by atoms with E-state index in [-0.39, 0.29) is 17.6 Å². The molecule has 0 unspecified atom stereocenters. The molecule has 1 aromatic rings. The number of aromatic nitrogens is 2. The highest BCUT2D eigenvalue weighted by Gasteiger charge is 2.22. The van der Waals surface area contributed by atoms with Crippen LogP contribution >= 0.6 is 0 Å². The Hall–Kier alpha value is -1.89. The van der Waals surface area contributed by atoms with Crippen molar-refractivity contribution in [2.24, 2.45) is 0 Å². The lowest BCUT2D eigenvalue weighted by Crippen LogP contribution is -2.37. The van der Waals surface area contributed by atoms with Crippen LogP contribution in [0.15, 0.2) is 6.20 Å². The Bertz CT molecular complexity index is 468. The molecule has 0 aliphatic rings. The molecular formula is C12H20N4O3. The van der Waals surface area contributed by atoms with Crippen LogP contribution < -0.4 is 5.32 Å². The molecule has 0 aromatic carbocycles. The SMILES string of the molecule is CCn1cc(NC(=O)[C@H](C)N(C)C)c(C(=O)OC)n1. The number of amides is 1. The molecule has 1 heterocycles. The number of methoxy groups -OCH3 is 1. The van der Waals surface area contributed by atoms with Crippen molar-refractivity contribution in [2.45, 2.75) is 26.4 Å². The lowest BCUT2D eigenvalue weighted by molar-refractivity contribution is -0.119. The monoisotopic (exact) mass is 268 g/mol. The van der Waals surface area contributed by atoms with Crippen LogP contribution in [-0.4, -0.2) is 53.8 Å². The minimum atomic E-state index is -0.569. The van der Waals surface area contributed by atoms with E-state index in [0.717, 1.165) is 0 Å². The predicted octanol–water partition coefficient (Wildman–Crippen LogP) is 0.578. The molecule has 1 atom stereocenters. The van der Waals surface area contributed by atoms with E-state index < -0.39 is 5.97 Å². The van der Waals surface area contributed by atoms with Crippen molar-refractivity contribution >= 4 is 17.6 Å². The summed E-state index contributed by atoms with van der Waals surface area (Å²) in [6.07, 6.45) is 1.62. The van der Waals surface area contributed by atoms with Crippen LogP contribution in [0.2, 0.25) is 0 Å². The number of aryl methyl sites for hydroxylation is 1. The first-order chi connectivity index (χ1) is 8.90. The van der Waals surface area contributed by atoms with Crippen molar-refractivity contribution in [1.82, 2.24) is 14.7 Å². The van der Waals surface area contributed by atoms with Gasteiger partial charge in [-0.05, 0) is 27.9 Å². The first-order valence-corrected chi connectivity index (χ1v) is 6.03. The number of likely N-dealkylation sites (N-methyl/N-ethyl adjacent to an activating group) is 1. The van der Waals surface area contributed by atoms with Crippen LogP contribution in [0.3, 0.4) is 0 Å². The lowest BCUT2D eigenvalue weighted by atomic mass is 10.2. The average molecular weight is 268 g/mol. The highest BCUT2D eigenvalue weighted by atomic mass is 16.5. The number of nitrogens with zero attached hydrogens (tertiary/aromatic N) is 3. The molecule has 0 radical (unpaired) electrons. The smallest absolute Gasteiger partial charge is 0.360 e. The zero-order valence-corrected chi connectivity index (χ0v) is 11.9. The molecule has 0 fully saturated rings. The van der Waals surface area contributed by atoms with E-state index in [1.807, 2.05) is 6.92 Å². The largest absolute Gasteiger partial charge is 0.464 e. The summed E-state index contributed by atoms with van der Waals surface area (Å²) in [5.41, 5.74) is 0.482. The molecule has 0 saturated heterocycles. The Morgan fingerprint density at radius 2 is 2.16 bits per heavy atom. The summed E-state index contributed by atoms with van der Waals surface area (Å²) < 4.78 is 6.22. The fourth-order valence-corrected chi connectivity index (χ4v) is 1.39. The summed E-state index contributed by atoms with van der Waals surface area (Å²) in [6.45, 7) is 4.27. The topological polar surface area (TPSA) is 76.5 Å². The van der Waals surface area contributed by atoms with Crippen LogP contribution in [0, 0.1) is 0 Å². The Kier molecular flexibility index (Phi) is 5.05. The highest BCUT2D eigenvalue weighted by molar-refractivity contribution is 6.01. The fourth-order valence-electron chi connectivity index (χ4n) is 1.39. The molecule has 0 saturated carbocycles. The third-order valence-electron chi connectivity index (χ3n) is 2.88. The van der Waals surface area contributed by atoms with E-state index in [4.69, 9.17) is 0 Å². The number of nitrogens with one attached hydrogen (secondary N) is 1. The van der Waals surface area contributed by atoms with E-state index >= 15 is 0 Å². The number of carbonyl (C=O) groups is 2. The maximum atomic E-state index is 12.0. The highest BCUT2D eigenvalue weighted by Crippen LogP contribution is 2.15. The van der Waals surface area contributed by atoms with Crippen molar-refractivity contribution < 1.29 is 14.3 Å². The molecule has 106 valence electrons. The third kappa shape index (κ3) is 3.54. The van der Waals surface area contributed by atoms with E-state index in [0.29, 0.717) is 12.2 Å². The van der Waals surface area contributed by atoms with Gasteiger partial charge in [0.1, 0.15) is 0 Å². The van der Waals surface area contributed by atoms with Gasteiger partial charge in [0.15, 0.2) is 5.69 Å². The third-order valence-corrected chi connectivity index (χ3v) is 2.88. The molecule has 0 aliphatic carbocycles. The molecule has 0 bridgehead atoms. The molecule has 0 spiro atoms. The number of hydrogen-bond donors (Lipinski definition) is 1. The Labute approximate surface area is 112 Å². The summed E-state index contributed by atoms with van der Waals surface area (Å²) in [4.78, 5) is 25.3. The normalized spacial score (nSPS) is 12.3. The minimum absolute atomic E-state index is 0.114. The summed E-state index contributed by atoms with van der Waals surface area (Å²) in [7, 11) is 4.89. The summed E-state index contributed by atoms with van der Waals surface area (Å²) in [5.74, 6) is -0.772. The van der Waals surface area contributed by atoms with Gasteiger partial charge in [0.05, 0.1) is 18.8 Å². The summed E-state index contributed by atoms with van der Waals surface area (Å²) in [6, 6.07) is -0.310. The van der Waals surface area contributed by atoms with Crippen molar-refractivity contribution in [2.75, 3.05) is 26.5 Å². The van der Waals surface area contributed by atoms with Crippen LogP contribution in [0.5, 0.6) is 0 Å². The Morgan fingerprint density at radius 3 is 2.63 bits per heavy atom. The molecule has 19 heavy (non-hydrogen) atoms. The Morgan fingerprint density at radius 1 is 1.53 bits per heavy atom. The molecule has 7 heteroatoms. The second-order valence-electron chi connectivity index (χ2n) is 4.37. The molecule has 1 amide bonds. The molecule has 0 aliphatic heterocycles. The van der Waals surface area contributed by atoms with Gasteiger partial charge in [-0.2, -0.15) is 5.10 Å². The zero-order valence-electron chi connectivity index (χ0n) is 11.9. The van der Waals surface area contributed by atoms with Gasteiger partial charge in [0.25, 0.3) is 0 Å². The fraction of sp³-hybridized carbons (Fsp3) is 0.583. The second kappa shape index (κ2) is 6.33. The average Bonchev–Trinajstić information content (AvgIpc) is 2.79. The van der Waals surface area contributed by atoms with Crippen molar-refractivity contribution in [3.05, 3.63) is 11.9 Å². The van der Waals surface area contributed by atoms with Crippen molar-refractivity contribution in [3.63, 3.8) is 0 Å². The summed E-state index contributed by atoms with van der Waals surface area (Å²) >= 11 is 0. The van der Waals surface area contributed by atoms with E-state index in [1.54, 1.807) is 36.8 Å². The van der Waals surface area contributed by atoms with E-state index in [2.05, 4.69) is 15.2 Å². The van der Waals surface area contributed by atoms with Gasteiger partial charge in [-0.3, -0.25) is 14.4 Å². The van der Waals surface area contributed by atoms with Gasteiger partial charge in [0.2, 0.25) is 5.91 Å². The van der Waals surface area contributed by atoms with Gasteiger partial charge in [0, 0.05) is 12.7 Å². The lowest BCUT2D eigenvalue weighted by Gasteiger charge is -2.18. The van der Waals surface area contributed by atoms with E-state index in [9.17, 15) is 9.59 Å². The predicted molar refractivity (Wildman–Crippen MR) is 71.0 cm³/mol. The maximum absolute atomic E-state index is 12.0. The van der Waals surface area contributed by atoms with Crippen molar-refractivity contribution in [3.8, 4) is 0 Å². The van der Waals surface area contributed by atoms with E-state index in [1.165, 1.54) is 7.11 Å².